The van der Waals surface area contributed by atoms with E-state index in [2.05, 4.69) is 67.8 Å². The zero-order valence-electron chi connectivity index (χ0n) is 36.1. The van der Waals surface area contributed by atoms with Gasteiger partial charge in [-0.05, 0) is 57.8 Å². The number of hydrogen-bond acceptors (Lipinski definition) is 5. The quantitative estimate of drug-likeness (QED) is 0.0248. The third kappa shape index (κ3) is 40.2. The van der Waals surface area contributed by atoms with Crippen molar-refractivity contribution in [3.8, 4) is 0 Å². The molecule has 0 spiro atoms. The monoisotopic (exact) mass is 794 g/mol. The predicted octanol–water partition coefficient (Wildman–Crippen LogP) is 12.2. The van der Waals surface area contributed by atoms with Crippen LogP contribution in [0.1, 0.15) is 174 Å². The molecule has 1 amide bonds. The first-order chi connectivity index (χ1) is 26.5. The van der Waals surface area contributed by atoms with Gasteiger partial charge in [0.05, 0.1) is 39.9 Å². The van der Waals surface area contributed by atoms with E-state index >= 15 is 0 Å². The molecule has 0 saturated heterocycles. The van der Waals surface area contributed by atoms with Crippen LogP contribution in [0.5, 0.6) is 0 Å². The fraction of sp³-hybridized carbons (Fsp3) is 0.761. The molecule has 3 unspecified atom stereocenters. The summed E-state index contributed by atoms with van der Waals surface area (Å²) >= 11 is 0. The Morgan fingerprint density at radius 2 is 1.09 bits per heavy atom. The van der Waals surface area contributed by atoms with Gasteiger partial charge in [-0.2, -0.15) is 0 Å². The first-order valence-corrected chi connectivity index (χ1v) is 23.7. The molecule has 0 radical (unpaired) electrons. The highest BCUT2D eigenvalue weighted by Gasteiger charge is 2.27. The maximum Gasteiger partial charge on any atom is 0.472 e. The molecule has 0 aliphatic rings. The summed E-state index contributed by atoms with van der Waals surface area (Å²) in [5.74, 6) is -0.194. The topological polar surface area (TPSA) is 105 Å². The first kappa shape index (κ1) is 53.2. The van der Waals surface area contributed by atoms with E-state index in [9.17, 15) is 19.4 Å². The largest absolute Gasteiger partial charge is 0.472 e. The van der Waals surface area contributed by atoms with Crippen molar-refractivity contribution in [3.63, 3.8) is 0 Å². The Labute approximate surface area is 339 Å². The Balaban J connectivity index is 4.46. The third-order valence-electron chi connectivity index (χ3n) is 9.49. The fourth-order valence-corrected chi connectivity index (χ4v) is 6.71. The van der Waals surface area contributed by atoms with E-state index in [1.165, 1.54) is 77.0 Å². The zero-order valence-corrected chi connectivity index (χ0v) is 37.0. The number of carbonyl (C=O) groups excluding carboxylic acids is 1. The lowest BCUT2D eigenvalue weighted by Gasteiger charge is -2.25. The number of nitrogens with one attached hydrogen (secondary N) is 1. The number of nitrogens with zero attached hydrogens (tertiary/aromatic N) is 1. The van der Waals surface area contributed by atoms with E-state index in [-0.39, 0.29) is 19.1 Å². The molecule has 0 aromatic rings. The summed E-state index contributed by atoms with van der Waals surface area (Å²) in [7, 11) is 1.55. The molecule has 0 aromatic carbocycles. The van der Waals surface area contributed by atoms with Crippen LogP contribution in [0, 0.1) is 0 Å². The van der Waals surface area contributed by atoms with Gasteiger partial charge >= 0.3 is 7.82 Å². The molecule has 0 bridgehead atoms. The summed E-state index contributed by atoms with van der Waals surface area (Å²) < 4.78 is 23.5. The van der Waals surface area contributed by atoms with Crippen LogP contribution in [0.2, 0.25) is 0 Å². The molecule has 0 rings (SSSR count). The fourth-order valence-electron chi connectivity index (χ4n) is 5.97. The summed E-state index contributed by atoms with van der Waals surface area (Å²) in [4.78, 5) is 23.1. The van der Waals surface area contributed by atoms with Gasteiger partial charge in [0.25, 0.3) is 0 Å². The number of likely N-dealkylation sites (N-methyl/N-ethyl adjacent to an activating group) is 1. The minimum absolute atomic E-state index is 0.0558. The van der Waals surface area contributed by atoms with Gasteiger partial charge in [-0.25, -0.2) is 4.57 Å². The second kappa shape index (κ2) is 37.8. The SMILES string of the molecule is CC/C=C\C/C=C\C/C=C\C/C=C\CCCCCCCCC(=O)NC(COP(=O)(O)OCC[N+](C)(C)C)C(O)/C=C/CCCCCCCCCCCCCC. The molecule has 320 valence electrons. The number of phosphoric acid groups is 1. The number of amides is 1. The van der Waals surface area contributed by atoms with Crippen LogP contribution >= 0.6 is 7.82 Å². The van der Waals surface area contributed by atoms with E-state index < -0.39 is 20.0 Å². The highest BCUT2D eigenvalue weighted by molar-refractivity contribution is 7.47. The lowest BCUT2D eigenvalue weighted by atomic mass is 10.0. The summed E-state index contributed by atoms with van der Waals surface area (Å²) in [6.45, 7) is 4.67. The van der Waals surface area contributed by atoms with Gasteiger partial charge in [-0.1, -0.05) is 171 Å². The normalized spacial score (nSPS) is 15.0. The Kier molecular flexibility index (Phi) is 36.5. The van der Waals surface area contributed by atoms with Gasteiger partial charge < -0.3 is 19.8 Å². The molecule has 3 N–H and O–H groups in total. The minimum Gasteiger partial charge on any atom is -0.387 e. The molecular weight excluding hydrogens is 707 g/mol. The number of rotatable bonds is 39. The Bertz CT molecular complexity index is 1080. The Morgan fingerprint density at radius 3 is 1.60 bits per heavy atom. The van der Waals surface area contributed by atoms with Crippen molar-refractivity contribution < 1.29 is 32.9 Å². The van der Waals surface area contributed by atoms with Crippen LogP contribution in [-0.4, -0.2) is 73.4 Å². The molecule has 9 heteroatoms. The number of quaternary nitrogens is 1. The lowest BCUT2D eigenvalue weighted by molar-refractivity contribution is -0.870. The number of carbonyl (C=O) groups is 1. The summed E-state index contributed by atoms with van der Waals surface area (Å²) in [5.41, 5.74) is 0. The van der Waals surface area contributed by atoms with Gasteiger partial charge in [-0.3, -0.25) is 13.8 Å². The predicted molar refractivity (Wildman–Crippen MR) is 235 cm³/mol. The molecule has 3 atom stereocenters. The van der Waals surface area contributed by atoms with Crippen molar-refractivity contribution in [1.29, 1.82) is 0 Å². The molecule has 0 aliphatic carbocycles. The molecular formula is C46H86N2O6P+. The highest BCUT2D eigenvalue weighted by Crippen LogP contribution is 2.43. The van der Waals surface area contributed by atoms with Gasteiger partial charge in [0.2, 0.25) is 5.91 Å². The number of aliphatic hydroxyl groups excluding tert-OH is 1. The number of phosphoric ester groups is 1. The van der Waals surface area contributed by atoms with Crippen molar-refractivity contribution >= 4 is 13.7 Å². The van der Waals surface area contributed by atoms with Gasteiger partial charge in [0.1, 0.15) is 13.2 Å². The van der Waals surface area contributed by atoms with Crippen LogP contribution in [-0.2, 0) is 18.4 Å². The molecule has 0 heterocycles. The van der Waals surface area contributed by atoms with Crippen LogP contribution in [0.15, 0.2) is 60.8 Å². The number of unbranched alkanes of at least 4 members (excludes halogenated alkanes) is 18. The number of allylic oxidation sites excluding steroid dienone is 9. The molecule has 0 aromatic heterocycles. The van der Waals surface area contributed by atoms with Crippen LogP contribution in [0.3, 0.4) is 0 Å². The van der Waals surface area contributed by atoms with Gasteiger partial charge in [0, 0.05) is 6.42 Å². The average molecular weight is 794 g/mol. The van der Waals surface area contributed by atoms with E-state index in [4.69, 9.17) is 9.05 Å². The van der Waals surface area contributed by atoms with Gasteiger partial charge in [0.15, 0.2) is 0 Å². The van der Waals surface area contributed by atoms with Crippen molar-refractivity contribution in [3.05, 3.63) is 60.8 Å². The van der Waals surface area contributed by atoms with Crippen molar-refractivity contribution in [2.45, 2.75) is 187 Å². The second-order valence-corrected chi connectivity index (χ2v) is 17.5. The van der Waals surface area contributed by atoms with E-state index in [1.807, 2.05) is 27.2 Å². The Hall–Kier alpha value is -1.80. The first-order valence-electron chi connectivity index (χ1n) is 22.2. The van der Waals surface area contributed by atoms with Crippen molar-refractivity contribution in [2.24, 2.45) is 0 Å². The summed E-state index contributed by atoms with van der Waals surface area (Å²) in [6, 6.07) is -0.855. The number of aliphatic hydroxyl groups is 1. The summed E-state index contributed by atoms with van der Waals surface area (Å²) in [6.07, 6.45) is 48.5. The van der Waals surface area contributed by atoms with E-state index in [1.54, 1.807) is 6.08 Å². The van der Waals surface area contributed by atoms with Crippen LogP contribution in [0.4, 0.5) is 0 Å². The summed E-state index contributed by atoms with van der Waals surface area (Å²) in [5, 5.41) is 13.8. The smallest absolute Gasteiger partial charge is 0.387 e. The maximum atomic E-state index is 12.9. The average Bonchev–Trinajstić information content (AvgIpc) is 3.13. The van der Waals surface area contributed by atoms with Gasteiger partial charge in [-0.15, -0.1) is 0 Å². The molecule has 0 aliphatic heterocycles. The maximum absolute atomic E-state index is 12.9. The second-order valence-electron chi connectivity index (χ2n) is 16.0. The highest BCUT2D eigenvalue weighted by atomic mass is 31.2. The van der Waals surface area contributed by atoms with Crippen LogP contribution < -0.4 is 5.32 Å². The van der Waals surface area contributed by atoms with E-state index in [0.29, 0.717) is 17.4 Å². The standard InChI is InChI=1S/C46H85N2O6P/c1-6-8-10-12-14-16-18-20-22-23-24-25-26-28-30-32-34-36-38-40-46(50)47-44(43-54-55(51,52)53-42-41-48(3,4)5)45(49)39-37-35-33-31-29-27-21-19-17-15-13-11-9-7-2/h8,10,14,16,20,22,24-25,37,39,44-45,49H,6-7,9,11-13,15,17-19,21,23,26-36,38,40-43H2,1-5H3,(H-,47,50,51,52)/p+1/b10-8-,16-14-,22-20-,25-24-,39-37+. The molecule has 0 saturated carbocycles. The van der Waals surface area contributed by atoms with Crippen molar-refractivity contribution in [2.75, 3.05) is 40.9 Å². The minimum atomic E-state index is -4.34. The van der Waals surface area contributed by atoms with E-state index in [0.717, 1.165) is 77.0 Å². The molecule has 55 heavy (non-hydrogen) atoms. The molecule has 0 fully saturated rings. The van der Waals surface area contributed by atoms with Crippen molar-refractivity contribution in [1.82, 2.24) is 5.32 Å². The lowest BCUT2D eigenvalue weighted by Crippen LogP contribution is -2.45. The third-order valence-corrected chi connectivity index (χ3v) is 10.5. The molecule has 8 nitrogen and oxygen atoms in total. The number of hydrogen-bond donors (Lipinski definition) is 3. The zero-order chi connectivity index (χ0) is 40.7. The van der Waals surface area contributed by atoms with Crippen LogP contribution in [0.25, 0.3) is 0 Å². The Morgan fingerprint density at radius 1 is 0.636 bits per heavy atom.